The molecular formula is C18H18N4OS. The van der Waals surface area contributed by atoms with Gasteiger partial charge in [0, 0.05) is 27.9 Å². The summed E-state index contributed by atoms with van der Waals surface area (Å²) in [5, 5.41) is 13.3. The number of benzene rings is 1. The van der Waals surface area contributed by atoms with E-state index in [0.29, 0.717) is 5.69 Å². The minimum Gasteiger partial charge on any atom is -0.321 e. The number of hydrogen-bond acceptors (Lipinski definition) is 4. The Bertz CT molecular complexity index is 879. The molecule has 6 heteroatoms. The second kappa shape index (κ2) is 6.20. The van der Waals surface area contributed by atoms with Crippen molar-refractivity contribution in [2.24, 2.45) is 0 Å². The zero-order valence-corrected chi connectivity index (χ0v) is 14.2. The van der Waals surface area contributed by atoms with Crippen molar-refractivity contribution in [1.29, 1.82) is 0 Å². The number of aryl methyl sites for hydroxylation is 2. The molecule has 0 spiro atoms. The minimum absolute atomic E-state index is 0.147. The van der Waals surface area contributed by atoms with Crippen LogP contribution in [-0.4, -0.2) is 21.1 Å². The second-order valence-corrected chi connectivity index (χ2v) is 7.08. The molecule has 0 atom stereocenters. The molecule has 24 heavy (non-hydrogen) atoms. The average Bonchev–Trinajstić information content (AvgIpc) is 3.22. The van der Waals surface area contributed by atoms with Gasteiger partial charge in [0.1, 0.15) is 0 Å². The van der Waals surface area contributed by atoms with Crippen LogP contribution in [0.3, 0.4) is 0 Å². The molecule has 0 unspecified atom stereocenters. The van der Waals surface area contributed by atoms with Crippen LogP contribution in [0.1, 0.15) is 39.6 Å². The van der Waals surface area contributed by atoms with E-state index in [1.807, 2.05) is 36.6 Å². The molecule has 2 heterocycles. The van der Waals surface area contributed by atoms with Gasteiger partial charge in [0.2, 0.25) is 0 Å². The third-order valence-electron chi connectivity index (χ3n) is 4.33. The number of amides is 1. The third-order valence-corrected chi connectivity index (χ3v) is 5.10. The molecule has 1 amide bonds. The Morgan fingerprint density at radius 1 is 1.21 bits per heavy atom. The van der Waals surface area contributed by atoms with Gasteiger partial charge in [0.25, 0.3) is 5.91 Å². The number of anilines is 1. The van der Waals surface area contributed by atoms with Gasteiger partial charge >= 0.3 is 0 Å². The van der Waals surface area contributed by atoms with Crippen LogP contribution in [0.2, 0.25) is 0 Å². The maximum atomic E-state index is 12.5. The first kappa shape index (κ1) is 15.1. The van der Waals surface area contributed by atoms with E-state index >= 15 is 0 Å². The third kappa shape index (κ3) is 2.85. The Kier molecular flexibility index (Phi) is 3.90. The number of aromatic amines is 1. The fraction of sp³-hybridized carbons (Fsp3) is 0.278. The first-order chi connectivity index (χ1) is 11.7. The maximum Gasteiger partial charge on any atom is 0.276 e. The van der Waals surface area contributed by atoms with Crippen LogP contribution < -0.4 is 5.32 Å². The van der Waals surface area contributed by atoms with Gasteiger partial charge in [0.05, 0.1) is 10.7 Å². The fourth-order valence-corrected chi connectivity index (χ4v) is 3.70. The van der Waals surface area contributed by atoms with Crippen LogP contribution in [0.25, 0.3) is 11.3 Å². The zero-order valence-electron chi connectivity index (χ0n) is 13.4. The van der Waals surface area contributed by atoms with Crippen LogP contribution in [0.15, 0.2) is 29.6 Å². The molecule has 4 rings (SSSR count). The van der Waals surface area contributed by atoms with Gasteiger partial charge in [-0.05, 0) is 44.7 Å². The summed E-state index contributed by atoms with van der Waals surface area (Å²) in [4.78, 5) is 17.0. The van der Waals surface area contributed by atoms with E-state index in [0.717, 1.165) is 58.9 Å². The number of nitrogens with one attached hydrogen (secondary N) is 2. The fourth-order valence-electron chi connectivity index (χ4n) is 3.08. The molecule has 122 valence electrons. The number of aromatic nitrogens is 3. The SMILES string of the molecule is Cc1nc(-c2ccc(NC(=O)c3n[nH]c4c3CCCC4)cc2)cs1. The molecule has 1 aliphatic carbocycles. The summed E-state index contributed by atoms with van der Waals surface area (Å²) in [7, 11) is 0. The summed E-state index contributed by atoms with van der Waals surface area (Å²) in [6.45, 7) is 1.99. The highest BCUT2D eigenvalue weighted by molar-refractivity contribution is 7.09. The average molecular weight is 338 g/mol. The van der Waals surface area contributed by atoms with E-state index < -0.39 is 0 Å². The molecule has 0 saturated heterocycles. The molecule has 1 aliphatic rings. The molecule has 3 aromatic rings. The second-order valence-electron chi connectivity index (χ2n) is 6.02. The van der Waals surface area contributed by atoms with Crippen molar-refractivity contribution >= 4 is 22.9 Å². The lowest BCUT2D eigenvalue weighted by Crippen LogP contribution is -2.15. The Balaban J connectivity index is 1.51. The molecule has 1 aromatic carbocycles. The Morgan fingerprint density at radius 3 is 2.75 bits per heavy atom. The van der Waals surface area contributed by atoms with Crippen LogP contribution in [0, 0.1) is 6.92 Å². The topological polar surface area (TPSA) is 70.7 Å². The maximum absolute atomic E-state index is 12.5. The van der Waals surface area contributed by atoms with E-state index in [4.69, 9.17) is 0 Å². The number of fused-ring (bicyclic) bond motifs is 1. The van der Waals surface area contributed by atoms with E-state index in [9.17, 15) is 4.79 Å². The lowest BCUT2D eigenvalue weighted by molar-refractivity contribution is 0.102. The van der Waals surface area contributed by atoms with Crippen molar-refractivity contribution in [2.75, 3.05) is 5.32 Å². The number of H-pyrrole nitrogens is 1. The summed E-state index contributed by atoms with van der Waals surface area (Å²) in [5.74, 6) is -0.147. The van der Waals surface area contributed by atoms with Gasteiger partial charge < -0.3 is 5.32 Å². The predicted molar refractivity (Wildman–Crippen MR) is 95.5 cm³/mol. The number of rotatable bonds is 3. The van der Waals surface area contributed by atoms with Gasteiger partial charge in [-0.1, -0.05) is 12.1 Å². The highest BCUT2D eigenvalue weighted by Crippen LogP contribution is 2.25. The summed E-state index contributed by atoms with van der Waals surface area (Å²) >= 11 is 1.63. The molecule has 0 radical (unpaired) electrons. The summed E-state index contributed by atoms with van der Waals surface area (Å²) in [6.07, 6.45) is 4.19. The summed E-state index contributed by atoms with van der Waals surface area (Å²) in [6, 6.07) is 7.76. The van der Waals surface area contributed by atoms with Gasteiger partial charge in [-0.25, -0.2) is 4.98 Å². The standard InChI is InChI=1S/C18H18N4OS/c1-11-19-16(10-24-11)12-6-8-13(9-7-12)20-18(23)17-14-4-2-3-5-15(14)21-22-17/h6-10H,2-5H2,1H3,(H,20,23)(H,21,22). The van der Waals surface area contributed by atoms with Crippen LogP contribution >= 0.6 is 11.3 Å². The van der Waals surface area contributed by atoms with Crippen molar-refractivity contribution in [3.63, 3.8) is 0 Å². The molecule has 2 aromatic heterocycles. The molecule has 0 fully saturated rings. The lowest BCUT2D eigenvalue weighted by atomic mass is 9.96. The molecule has 5 nitrogen and oxygen atoms in total. The number of nitrogens with zero attached hydrogens (tertiary/aromatic N) is 2. The van der Waals surface area contributed by atoms with Crippen LogP contribution in [0.5, 0.6) is 0 Å². The van der Waals surface area contributed by atoms with Crippen LogP contribution in [-0.2, 0) is 12.8 Å². The van der Waals surface area contributed by atoms with E-state index in [-0.39, 0.29) is 5.91 Å². The van der Waals surface area contributed by atoms with Gasteiger partial charge in [-0.15, -0.1) is 11.3 Å². The number of carbonyl (C=O) groups is 1. The Morgan fingerprint density at radius 2 is 2.00 bits per heavy atom. The first-order valence-corrected chi connectivity index (χ1v) is 8.99. The molecule has 0 saturated carbocycles. The smallest absolute Gasteiger partial charge is 0.276 e. The Labute approximate surface area is 144 Å². The quantitative estimate of drug-likeness (QED) is 0.759. The predicted octanol–water partition coefficient (Wildman–Crippen LogP) is 3.97. The largest absolute Gasteiger partial charge is 0.321 e. The van der Waals surface area contributed by atoms with Gasteiger partial charge in [-0.2, -0.15) is 5.10 Å². The highest BCUT2D eigenvalue weighted by atomic mass is 32.1. The van der Waals surface area contributed by atoms with Gasteiger partial charge in [-0.3, -0.25) is 9.89 Å². The molecule has 0 bridgehead atoms. The lowest BCUT2D eigenvalue weighted by Gasteiger charge is -2.11. The number of carbonyl (C=O) groups excluding carboxylic acids is 1. The molecule has 0 aliphatic heterocycles. The monoisotopic (exact) mass is 338 g/mol. The van der Waals surface area contributed by atoms with Crippen LogP contribution in [0.4, 0.5) is 5.69 Å². The van der Waals surface area contributed by atoms with E-state index in [1.165, 1.54) is 0 Å². The minimum atomic E-state index is -0.147. The summed E-state index contributed by atoms with van der Waals surface area (Å²) in [5.41, 5.74) is 5.51. The Hall–Kier alpha value is -2.47. The van der Waals surface area contributed by atoms with E-state index in [1.54, 1.807) is 11.3 Å². The van der Waals surface area contributed by atoms with Crippen molar-refractivity contribution in [2.45, 2.75) is 32.6 Å². The number of thiazole rings is 1. The van der Waals surface area contributed by atoms with Gasteiger partial charge in [0.15, 0.2) is 5.69 Å². The van der Waals surface area contributed by atoms with Crippen molar-refractivity contribution in [3.8, 4) is 11.3 Å². The first-order valence-electron chi connectivity index (χ1n) is 8.11. The number of hydrogen-bond donors (Lipinski definition) is 2. The zero-order chi connectivity index (χ0) is 16.5. The summed E-state index contributed by atoms with van der Waals surface area (Å²) < 4.78 is 0. The van der Waals surface area contributed by atoms with Crippen molar-refractivity contribution in [3.05, 3.63) is 51.6 Å². The molecule has 2 N–H and O–H groups in total. The van der Waals surface area contributed by atoms with Crippen molar-refractivity contribution in [1.82, 2.24) is 15.2 Å². The highest BCUT2D eigenvalue weighted by Gasteiger charge is 2.21. The van der Waals surface area contributed by atoms with Crippen molar-refractivity contribution < 1.29 is 4.79 Å². The normalized spacial score (nSPS) is 13.5. The molecular weight excluding hydrogens is 320 g/mol. The van der Waals surface area contributed by atoms with E-state index in [2.05, 4.69) is 20.5 Å².